The number of carbonyl (C=O) groups is 1. The Morgan fingerprint density at radius 2 is 1.79 bits per heavy atom. The molecule has 1 fully saturated rings. The second kappa shape index (κ2) is 7.19. The molecule has 1 heterocycles. The van der Waals surface area contributed by atoms with Crippen molar-refractivity contribution in [2.45, 2.75) is 64.1 Å². The molecule has 0 unspecified atom stereocenters. The normalized spacial score (nSPS) is 21.2. The fourth-order valence-electron chi connectivity index (χ4n) is 4.12. The van der Waals surface area contributed by atoms with Crippen LogP contribution in [-0.2, 0) is 4.79 Å². The van der Waals surface area contributed by atoms with Gasteiger partial charge in [-0.3, -0.25) is 4.79 Å². The quantitative estimate of drug-likeness (QED) is 0.775. The molecule has 5 heteroatoms. The van der Waals surface area contributed by atoms with Crippen molar-refractivity contribution in [1.82, 2.24) is 10.6 Å². The average molecular weight is 336 g/mol. The number of piperidine rings is 1. The monoisotopic (exact) mass is 336 g/mol. The maximum atomic E-state index is 13.0. The number of aliphatic hydroxyl groups excluding tert-OH is 1. The topological polar surface area (TPSA) is 61.4 Å². The van der Waals surface area contributed by atoms with Gasteiger partial charge in [0.2, 0.25) is 5.91 Å². The maximum Gasteiger partial charge on any atom is 0.220 e. The van der Waals surface area contributed by atoms with E-state index in [9.17, 15) is 14.3 Å². The van der Waals surface area contributed by atoms with Gasteiger partial charge in [0.15, 0.2) is 0 Å². The number of carbonyl (C=O) groups excluding carboxylic acids is 1. The predicted octanol–water partition coefficient (Wildman–Crippen LogP) is 2.92. The molecule has 1 aromatic carbocycles. The summed E-state index contributed by atoms with van der Waals surface area (Å²) < 4.78 is 13.0. The minimum absolute atomic E-state index is 0.0000333. The van der Waals surface area contributed by atoms with Gasteiger partial charge in [-0.2, -0.15) is 0 Å². The van der Waals surface area contributed by atoms with Crippen LogP contribution in [-0.4, -0.2) is 28.7 Å². The van der Waals surface area contributed by atoms with Crippen molar-refractivity contribution in [1.29, 1.82) is 0 Å². The van der Waals surface area contributed by atoms with Crippen LogP contribution >= 0.6 is 0 Å². The van der Waals surface area contributed by atoms with E-state index in [1.165, 1.54) is 12.1 Å². The van der Waals surface area contributed by atoms with Gasteiger partial charge in [0.1, 0.15) is 5.82 Å². The lowest BCUT2D eigenvalue weighted by molar-refractivity contribution is -0.123. The SMILES string of the molecule is CC1(C)CC(CC(=O)N[C@H](CO)c2ccc(F)cc2)CC(C)(C)N1. The van der Waals surface area contributed by atoms with Gasteiger partial charge >= 0.3 is 0 Å². The third kappa shape index (κ3) is 5.28. The van der Waals surface area contributed by atoms with Crippen molar-refractivity contribution in [2.24, 2.45) is 5.92 Å². The first-order chi connectivity index (χ1) is 11.1. The molecular weight excluding hydrogens is 307 g/mol. The van der Waals surface area contributed by atoms with Gasteiger partial charge in [-0.1, -0.05) is 12.1 Å². The Labute approximate surface area is 143 Å². The van der Waals surface area contributed by atoms with Crippen LogP contribution in [0.25, 0.3) is 0 Å². The van der Waals surface area contributed by atoms with Gasteiger partial charge in [0, 0.05) is 17.5 Å². The van der Waals surface area contributed by atoms with Crippen LogP contribution in [0, 0.1) is 11.7 Å². The molecule has 1 aliphatic heterocycles. The third-order valence-electron chi connectivity index (χ3n) is 4.54. The predicted molar refractivity (Wildman–Crippen MR) is 93.0 cm³/mol. The van der Waals surface area contributed by atoms with E-state index < -0.39 is 6.04 Å². The fourth-order valence-corrected chi connectivity index (χ4v) is 4.12. The highest BCUT2D eigenvalue weighted by Gasteiger charge is 2.38. The molecule has 0 spiro atoms. The van der Waals surface area contributed by atoms with E-state index in [4.69, 9.17) is 0 Å². The summed E-state index contributed by atoms with van der Waals surface area (Å²) in [7, 11) is 0. The lowest BCUT2D eigenvalue weighted by Gasteiger charge is -2.46. The first-order valence-corrected chi connectivity index (χ1v) is 8.55. The van der Waals surface area contributed by atoms with Gasteiger partial charge in [-0.25, -0.2) is 4.39 Å². The van der Waals surface area contributed by atoms with Gasteiger partial charge in [0.05, 0.1) is 12.6 Å². The van der Waals surface area contributed by atoms with Crippen LogP contribution in [0.3, 0.4) is 0 Å². The summed E-state index contributed by atoms with van der Waals surface area (Å²) in [5.41, 5.74) is 0.707. The van der Waals surface area contributed by atoms with Crippen LogP contribution in [0.5, 0.6) is 0 Å². The third-order valence-corrected chi connectivity index (χ3v) is 4.54. The zero-order valence-electron chi connectivity index (χ0n) is 15.0. The zero-order valence-corrected chi connectivity index (χ0v) is 15.0. The molecule has 0 saturated carbocycles. The second-order valence-corrected chi connectivity index (χ2v) is 8.23. The lowest BCUT2D eigenvalue weighted by atomic mass is 9.74. The number of amides is 1. The van der Waals surface area contributed by atoms with Gasteiger partial charge in [0.25, 0.3) is 0 Å². The number of hydrogen-bond donors (Lipinski definition) is 3. The fraction of sp³-hybridized carbons (Fsp3) is 0.632. The molecule has 134 valence electrons. The molecule has 3 N–H and O–H groups in total. The van der Waals surface area contributed by atoms with Crippen molar-refractivity contribution in [3.8, 4) is 0 Å². The molecule has 1 saturated heterocycles. The number of benzene rings is 1. The molecule has 1 aliphatic rings. The summed E-state index contributed by atoms with van der Waals surface area (Å²) in [5, 5.41) is 16.0. The van der Waals surface area contributed by atoms with Crippen LogP contribution < -0.4 is 10.6 Å². The summed E-state index contributed by atoms with van der Waals surface area (Å²) >= 11 is 0. The van der Waals surface area contributed by atoms with E-state index in [0.717, 1.165) is 12.8 Å². The lowest BCUT2D eigenvalue weighted by Crippen LogP contribution is -2.58. The van der Waals surface area contributed by atoms with Crippen LogP contribution in [0.15, 0.2) is 24.3 Å². The van der Waals surface area contributed by atoms with Gasteiger partial charge in [-0.15, -0.1) is 0 Å². The van der Waals surface area contributed by atoms with E-state index in [1.807, 2.05) is 0 Å². The van der Waals surface area contributed by atoms with Crippen molar-refractivity contribution >= 4 is 5.91 Å². The molecule has 1 amide bonds. The first-order valence-electron chi connectivity index (χ1n) is 8.55. The molecule has 0 radical (unpaired) electrons. The standard InChI is InChI=1S/C19H29FN2O2/c1-18(2)10-13(11-19(3,4)22-18)9-17(24)21-16(12-23)14-5-7-15(20)8-6-14/h5-8,13,16,22-23H,9-12H2,1-4H3,(H,21,24)/t16-/m1/s1. The summed E-state index contributed by atoms with van der Waals surface area (Å²) in [5.74, 6) is -0.110. The molecule has 1 aromatic rings. The Balaban J connectivity index is 1.97. The average Bonchev–Trinajstić information content (AvgIpc) is 2.42. The molecule has 0 bridgehead atoms. The van der Waals surface area contributed by atoms with Crippen molar-refractivity contribution < 1.29 is 14.3 Å². The Bertz CT molecular complexity index is 553. The van der Waals surface area contributed by atoms with Crippen molar-refractivity contribution in [2.75, 3.05) is 6.61 Å². The number of aliphatic hydroxyl groups is 1. The first kappa shape index (κ1) is 18.9. The summed E-state index contributed by atoms with van der Waals surface area (Å²) in [6.07, 6.45) is 2.31. The highest BCUT2D eigenvalue weighted by atomic mass is 19.1. The molecule has 2 rings (SSSR count). The highest BCUT2D eigenvalue weighted by molar-refractivity contribution is 5.76. The van der Waals surface area contributed by atoms with E-state index in [1.54, 1.807) is 12.1 Å². The molecular formula is C19H29FN2O2. The number of nitrogens with one attached hydrogen (secondary N) is 2. The maximum absolute atomic E-state index is 13.0. The zero-order chi connectivity index (χ0) is 18.0. The summed E-state index contributed by atoms with van der Waals surface area (Å²) in [4.78, 5) is 12.4. The number of hydrogen-bond acceptors (Lipinski definition) is 3. The molecule has 0 aromatic heterocycles. The Morgan fingerprint density at radius 1 is 1.25 bits per heavy atom. The Kier molecular flexibility index (Phi) is 5.66. The van der Waals surface area contributed by atoms with Gasteiger partial charge in [-0.05, 0) is 64.2 Å². The Hall–Kier alpha value is -1.46. The number of rotatable bonds is 5. The molecule has 0 aliphatic carbocycles. The molecule has 4 nitrogen and oxygen atoms in total. The second-order valence-electron chi connectivity index (χ2n) is 8.23. The largest absolute Gasteiger partial charge is 0.394 e. The smallest absolute Gasteiger partial charge is 0.220 e. The highest BCUT2D eigenvalue weighted by Crippen LogP contribution is 2.34. The minimum Gasteiger partial charge on any atom is -0.394 e. The van der Waals surface area contributed by atoms with E-state index in [2.05, 4.69) is 38.3 Å². The Morgan fingerprint density at radius 3 is 2.29 bits per heavy atom. The summed E-state index contributed by atoms with van der Waals surface area (Å²) in [6, 6.07) is 5.35. The van der Waals surface area contributed by atoms with Crippen molar-refractivity contribution in [3.05, 3.63) is 35.6 Å². The van der Waals surface area contributed by atoms with Crippen LogP contribution in [0.2, 0.25) is 0 Å². The summed E-state index contributed by atoms with van der Waals surface area (Å²) in [6.45, 7) is 8.43. The van der Waals surface area contributed by atoms with E-state index in [-0.39, 0.29) is 29.4 Å². The van der Waals surface area contributed by atoms with Crippen molar-refractivity contribution in [3.63, 3.8) is 0 Å². The minimum atomic E-state index is -0.499. The van der Waals surface area contributed by atoms with E-state index >= 15 is 0 Å². The number of halogens is 1. The van der Waals surface area contributed by atoms with Gasteiger partial charge < -0.3 is 15.7 Å². The molecule has 24 heavy (non-hydrogen) atoms. The molecule has 1 atom stereocenters. The van der Waals surface area contributed by atoms with Crippen LogP contribution in [0.4, 0.5) is 4.39 Å². The van der Waals surface area contributed by atoms with E-state index in [0.29, 0.717) is 17.9 Å². The van der Waals surface area contributed by atoms with Crippen LogP contribution in [0.1, 0.15) is 58.6 Å².